The van der Waals surface area contributed by atoms with Crippen LogP contribution in [0.15, 0.2) is 6.17 Å². The maximum absolute atomic E-state index is 10.2. The average Bonchev–Trinajstić information content (AvgIpc) is 1.82. The summed E-state index contributed by atoms with van der Waals surface area (Å²) in [6.07, 6.45) is -0.593. The first-order valence-electron chi connectivity index (χ1n) is 2.86. The molecule has 1 aromatic rings. The Labute approximate surface area is 72.5 Å². The van der Waals surface area contributed by atoms with Crippen LogP contribution >= 0.6 is 23.2 Å². The van der Waals surface area contributed by atoms with Gasteiger partial charge >= 0.3 is 5.69 Å². The van der Waals surface area contributed by atoms with Gasteiger partial charge in [0.2, 0.25) is 10.4 Å². The molecule has 1 rings (SSSR count). The topological polar surface area (TPSA) is 68.9 Å². The summed E-state index contributed by atoms with van der Waals surface area (Å²) in [5.74, 6) is 0. The third-order valence-corrected chi connectivity index (χ3v) is 1.26. The van der Waals surface area contributed by atoms with E-state index in [1.807, 2.05) is 0 Å². The lowest BCUT2D eigenvalue weighted by Gasteiger charge is -1.91. The van der Waals surface area contributed by atoms with Crippen LogP contribution in [0.4, 0.5) is 5.69 Å². The first-order valence-corrected chi connectivity index (χ1v) is 3.12. The number of hydrogen-bond donors (Lipinski definition) is 0. The summed E-state index contributed by atoms with van der Waals surface area (Å²) in [6.45, 7) is 0. The number of rotatable bonds is 1. The van der Waals surface area contributed by atoms with Crippen molar-refractivity contribution in [2.75, 3.05) is 0 Å². The Kier molecular flexibility index (Phi) is 1.83. The summed E-state index contributed by atoms with van der Waals surface area (Å²) < 4.78 is 7.02. The molecule has 1 heterocycles. The minimum atomic E-state index is -0.832. The third-order valence-electron chi connectivity index (χ3n) is 0.822. The van der Waals surface area contributed by atoms with Gasteiger partial charge in [0, 0.05) is 0 Å². The van der Waals surface area contributed by atoms with Crippen LogP contribution < -0.4 is 0 Å². The van der Waals surface area contributed by atoms with Crippen LogP contribution in [0, 0.1) is 10.1 Å². The smallest absolute Gasteiger partial charge is 0.258 e. The van der Waals surface area contributed by atoms with Gasteiger partial charge in [0.25, 0.3) is 0 Å². The van der Waals surface area contributed by atoms with E-state index in [4.69, 9.17) is 24.6 Å². The molecule has 0 aliphatic rings. The Morgan fingerprint density at radius 2 is 2.36 bits per heavy atom. The number of halogens is 2. The van der Waals surface area contributed by atoms with E-state index in [2.05, 4.69) is 9.97 Å². The summed E-state index contributed by atoms with van der Waals surface area (Å²) in [5, 5.41) is 9.52. The zero-order valence-corrected chi connectivity index (χ0v) is 6.43. The Balaban J connectivity index is 3.38. The van der Waals surface area contributed by atoms with E-state index in [1.54, 1.807) is 0 Å². The molecule has 0 bridgehead atoms. The lowest BCUT2D eigenvalue weighted by Crippen LogP contribution is -1.92. The molecule has 0 radical (unpaired) electrons. The molecular formula is C4HCl2N3O2. The van der Waals surface area contributed by atoms with Crippen molar-refractivity contribution in [2.24, 2.45) is 0 Å². The van der Waals surface area contributed by atoms with Crippen molar-refractivity contribution in [1.82, 2.24) is 9.97 Å². The summed E-state index contributed by atoms with van der Waals surface area (Å²) in [5.41, 5.74) is -0.638. The predicted molar refractivity (Wildman–Crippen MR) is 38.7 cm³/mol. The van der Waals surface area contributed by atoms with Crippen molar-refractivity contribution in [3.05, 3.63) is 26.7 Å². The predicted octanol–water partition coefficient (Wildman–Crippen LogP) is 1.69. The van der Waals surface area contributed by atoms with Gasteiger partial charge in [-0.1, -0.05) is 11.6 Å². The molecule has 0 N–H and O–H groups in total. The standard InChI is InChI=1S/C4HCl2N3O2/c5-3-2(9(10)11)1-7-4(6)8-3/h1H/i1D. The van der Waals surface area contributed by atoms with Gasteiger partial charge in [-0.25, -0.2) is 4.98 Å². The van der Waals surface area contributed by atoms with Gasteiger partial charge in [0.05, 0.1) is 6.29 Å². The van der Waals surface area contributed by atoms with Gasteiger partial charge in [-0.3, -0.25) is 10.1 Å². The molecule has 58 valence electrons. The van der Waals surface area contributed by atoms with Gasteiger partial charge in [-0.15, -0.1) is 0 Å². The molecule has 7 heteroatoms. The molecule has 1 aromatic heterocycles. The van der Waals surface area contributed by atoms with Gasteiger partial charge in [0.15, 0.2) is 0 Å². The molecule has 0 aliphatic heterocycles. The number of aromatic nitrogens is 2. The molecule has 0 saturated carbocycles. The maximum Gasteiger partial charge on any atom is 0.324 e. The molecule has 0 aromatic carbocycles. The lowest BCUT2D eigenvalue weighted by molar-refractivity contribution is -0.385. The molecular weight excluding hydrogens is 193 g/mol. The van der Waals surface area contributed by atoms with Crippen molar-refractivity contribution in [1.29, 1.82) is 0 Å². The summed E-state index contributed by atoms with van der Waals surface area (Å²) in [6, 6.07) is 0. The lowest BCUT2D eigenvalue weighted by atomic mass is 10.6. The summed E-state index contributed by atoms with van der Waals surface area (Å²) >= 11 is 10.6. The number of nitro groups is 1. The van der Waals surface area contributed by atoms with Gasteiger partial charge in [-0.2, -0.15) is 4.98 Å². The Hall–Kier alpha value is -0.940. The normalized spacial score (nSPS) is 10.9. The fraction of sp³-hybridized carbons (Fsp3) is 0. The summed E-state index contributed by atoms with van der Waals surface area (Å²) in [4.78, 5) is 16.0. The molecule has 11 heavy (non-hydrogen) atoms. The molecule has 0 amide bonds. The van der Waals surface area contributed by atoms with Crippen LogP contribution in [0.5, 0.6) is 0 Å². The summed E-state index contributed by atoms with van der Waals surface area (Å²) in [7, 11) is 0. The van der Waals surface area contributed by atoms with E-state index in [9.17, 15) is 10.1 Å². The zero-order valence-electron chi connectivity index (χ0n) is 5.91. The molecule has 0 saturated heterocycles. The minimum absolute atomic E-state index is 0.282. The third kappa shape index (κ3) is 1.75. The average molecular weight is 195 g/mol. The minimum Gasteiger partial charge on any atom is -0.258 e. The Morgan fingerprint density at radius 3 is 2.82 bits per heavy atom. The molecule has 0 atom stereocenters. The van der Waals surface area contributed by atoms with E-state index in [1.165, 1.54) is 0 Å². The highest BCUT2D eigenvalue weighted by Gasteiger charge is 2.13. The molecule has 0 unspecified atom stereocenters. The largest absolute Gasteiger partial charge is 0.324 e. The molecule has 0 spiro atoms. The highest BCUT2D eigenvalue weighted by atomic mass is 35.5. The fourth-order valence-corrected chi connectivity index (χ4v) is 0.782. The monoisotopic (exact) mass is 194 g/mol. The van der Waals surface area contributed by atoms with Crippen molar-refractivity contribution >= 4 is 28.9 Å². The van der Waals surface area contributed by atoms with E-state index in [0.29, 0.717) is 0 Å². The van der Waals surface area contributed by atoms with E-state index in [-0.39, 0.29) is 5.28 Å². The zero-order chi connectivity index (χ0) is 9.30. The van der Waals surface area contributed by atoms with Gasteiger partial charge < -0.3 is 0 Å². The van der Waals surface area contributed by atoms with Gasteiger partial charge in [-0.05, 0) is 11.6 Å². The second kappa shape index (κ2) is 2.98. The SMILES string of the molecule is [2H]c1nc(Cl)nc(Cl)c1[N+](=O)[O-]. The highest BCUT2D eigenvalue weighted by molar-refractivity contribution is 6.33. The first kappa shape index (κ1) is 6.75. The van der Waals surface area contributed by atoms with Crippen LogP contribution in [0.25, 0.3) is 0 Å². The molecule has 5 nitrogen and oxygen atoms in total. The number of nitrogens with zero attached hydrogens (tertiary/aromatic N) is 3. The second-order valence-corrected chi connectivity index (χ2v) is 2.20. The van der Waals surface area contributed by atoms with Crippen LogP contribution in [0.2, 0.25) is 10.4 Å². The van der Waals surface area contributed by atoms with Gasteiger partial charge in [0.1, 0.15) is 6.17 Å². The van der Waals surface area contributed by atoms with Crippen LogP contribution in [-0.4, -0.2) is 14.9 Å². The molecule has 0 aliphatic carbocycles. The van der Waals surface area contributed by atoms with Crippen molar-refractivity contribution in [3.8, 4) is 0 Å². The van der Waals surface area contributed by atoms with Crippen LogP contribution in [0.1, 0.15) is 1.37 Å². The van der Waals surface area contributed by atoms with Crippen molar-refractivity contribution in [2.45, 2.75) is 0 Å². The second-order valence-electron chi connectivity index (χ2n) is 1.50. The Morgan fingerprint density at radius 1 is 1.73 bits per heavy atom. The highest BCUT2D eigenvalue weighted by Crippen LogP contribution is 2.20. The molecule has 0 fully saturated rings. The fourth-order valence-electron chi connectivity index (χ4n) is 0.420. The first-order chi connectivity index (χ1) is 5.52. The van der Waals surface area contributed by atoms with Crippen LogP contribution in [-0.2, 0) is 0 Å². The van der Waals surface area contributed by atoms with Crippen LogP contribution in [0.3, 0.4) is 0 Å². The van der Waals surface area contributed by atoms with E-state index in [0.717, 1.165) is 0 Å². The Bertz CT molecular complexity index is 322. The van der Waals surface area contributed by atoms with E-state index < -0.39 is 21.9 Å². The van der Waals surface area contributed by atoms with E-state index >= 15 is 0 Å². The quantitative estimate of drug-likeness (QED) is 0.296. The maximum atomic E-state index is 10.2. The number of hydrogen-bond acceptors (Lipinski definition) is 4. The van der Waals surface area contributed by atoms with Crippen molar-refractivity contribution in [3.63, 3.8) is 0 Å². The van der Waals surface area contributed by atoms with Crippen molar-refractivity contribution < 1.29 is 6.29 Å².